The van der Waals surface area contributed by atoms with E-state index in [4.69, 9.17) is 11.2 Å². The first-order valence-corrected chi connectivity index (χ1v) is 11.7. The Morgan fingerprint density at radius 2 is 1.91 bits per heavy atom. The number of benzene rings is 2. The van der Waals surface area contributed by atoms with Crippen LogP contribution in [0, 0.1) is 25.1 Å². The van der Waals surface area contributed by atoms with E-state index in [1.807, 2.05) is 25.8 Å². The molecule has 0 fully saturated rings. The molecule has 0 amide bonds. The molecule has 2 aromatic carbocycles. The molecule has 0 saturated carbocycles. The number of esters is 1. The summed E-state index contributed by atoms with van der Waals surface area (Å²) in [6.45, 7) is 6.48. The first-order chi connectivity index (χ1) is 15.5. The molecule has 0 aliphatic carbocycles. The normalized spacial score (nSPS) is 15.0. The molecule has 0 saturated heterocycles. The summed E-state index contributed by atoms with van der Waals surface area (Å²) in [5.41, 5.74) is 2.46. The van der Waals surface area contributed by atoms with Gasteiger partial charge in [0.05, 0.1) is 17.3 Å². The molecule has 0 aliphatic rings. The molecule has 3 aromatic rings. The lowest BCUT2D eigenvalue weighted by Gasteiger charge is -2.27. The van der Waals surface area contributed by atoms with Gasteiger partial charge in [0.2, 0.25) is 13.2 Å². The van der Waals surface area contributed by atoms with Crippen LogP contribution in [0.5, 0.6) is 5.75 Å². The summed E-state index contributed by atoms with van der Waals surface area (Å²) in [5, 5.41) is 8.35. The van der Waals surface area contributed by atoms with Crippen molar-refractivity contribution >= 4 is 24.9 Å². The minimum atomic E-state index is -3.74. The molecule has 8 heteroatoms. The molecule has 0 aliphatic heterocycles. The highest BCUT2D eigenvalue weighted by atomic mass is 31.1. The van der Waals surface area contributed by atoms with Gasteiger partial charge in [-0.1, -0.05) is 44.0 Å². The molecule has 0 bridgehead atoms. The van der Waals surface area contributed by atoms with Crippen LogP contribution in [0.2, 0.25) is 0 Å². The van der Waals surface area contributed by atoms with E-state index in [0.29, 0.717) is 33.3 Å². The summed E-state index contributed by atoms with van der Waals surface area (Å²) < 4.78 is 31.9. The fraction of sp³-hybridized carbons (Fsp3) is 0.280. The van der Waals surface area contributed by atoms with Gasteiger partial charge in [0, 0.05) is 10.9 Å². The Balaban J connectivity index is 2.37. The minimum Gasteiger partial charge on any atom is -0.422 e. The zero-order chi connectivity index (χ0) is 24.5. The van der Waals surface area contributed by atoms with Crippen LogP contribution in [0.15, 0.2) is 42.5 Å². The Morgan fingerprint density at radius 3 is 2.45 bits per heavy atom. The van der Waals surface area contributed by atoms with Crippen molar-refractivity contribution < 1.29 is 28.5 Å². The number of hydrogen-bond donors (Lipinski definition) is 2. The maximum atomic E-state index is 14.0. The zero-order valence-corrected chi connectivity index (χ0v) is 19.7. The third-order valence-corrected chi connectivity index (χ3v) is 7.02. The van der Waals surface area contributed by atoms with Gasteiger partial charge in [0.1, 0.15) is 5.82 Å². The number of aliphatic hydroxyl groups is 1. The van der Waals surface area contributed by atoms with Gasteiger partial charge in [-0.25, -0.2) is 14.2 Å². The quantitative estimate of drug-likeness (QED) is 0.311. The number of rotatable bonds is 6. The second kappa shape index (κ2) is 9.44. The summed E-state index contributed by atoms with van der Waals surface area (Å²) in [6.07, 6.45) is 3.80. The van der Waals surface area contributed by atoms with E-state index in [2.05, 4.69) is 4.98 Å². The van der Waals surface area contributed by atoms with Crippen molar-refractivity contribution in [3.63, 3.8) is 0 Å². The SMILES string of the molecule is C#CC(C(=O)Oc1c(C(C)C)nc2ccccc2c1-c1ccc(F)c(C)c1)(C(C)O)[PH](=O)O. The molecule has 3 unspecified atom stereocenters. The van der Waals surface area contributed by atoms with Gasteiger partial charge in [-0.15, -0.1) is 6.42 Å². The van der Waals surface area contributed by atoms with Crippen LogP contribution in [0.3, 0.4) is 0 Å². The molecule has 0 radical (unpaired) electrons. The van der Waals surface area contributed by atoms with Gasteiger partial charge in [0.15, 0.2) is 5.75 Å². The Bertz CT molecular complexity index is 1300. The van der Waals surface area contributed by atoms with Crippen molar-refractivity contribution in [1.82, 2.24) is 4.98 Å². The largest absolute Gasteiger partial charge is 0.422 e. The molecule has 3 rings (SSSR count). The number of ether oxygens (including phenoxy) is 1. The lowest BCUT2D eigenvalue weighted by molar-refractivity contribution is -0.138. The molecule has 33 heavy (non-hydrogen) atoms. The molecular formula is C25H25FNO5P. The van der Waals surface area contributed by atoms with E-state index in [-0.39, 0.29) is 17.5 Å². The predicted molar refractivity (Wildman–Crippen MR) is 126 cm³/mol. The zero-order valence-electron chi connectivity index (χ0n) is 18.7. The smallest absolute Gasteiger partial charge is 0.342 e. The highest BCUT2D eigenvalue weighted by Gasteiger charge is 2.49. The van der Waals surface area contributed by atoms with Gasteiger partial charge >= 0.3 is 5.97 Å². The maximum absolute atomic E-state index is 14.0. The standard InChI is InChI=1S/C25H25FNO5P/c1-6-25(16(5)28,33(30)31)24(29)32-23-21(17-11-12-19(26)15(4)13-17)18-9-7-8-10-20(18)27-22(23)14(2)3/h1,7-14,16,28,33H,2-5H3,(H,30,31). The van der Waals surface area contributed by atoms with Crippen molar-refractivity contribution in [3.05, 3.63) is 59.5 Å². The average molecular weight is 469 g/mol. The van der Waals surface area contributed by atoms with E-state index in [0.717, 1.165) is 6.92 Å². The van der Waals surface area contributed by atoms with Gasteiger partial charge in [0.25, 0.3) is 0 Å². The van der Waals surface area contributed by atoms with Crippen molar-refractivity contribution in [2.24, 2.45) is 0 Å². The van der Waals surface area contributed by atoms with E-state index >= 15 is 0 Å². The highest BCUT2D eigenvalue weighted by Crippen LogP contribution is 2.44. The van der Waals surface area contributed by atoms with Crippen molar-refractivity contribution in [2.75, 3.05) is 0 Å². The Kier molecular flexibility index (Phi) is 7.04. The number of carbonyl (C=O) groups is 1. The number of halogens is 1. The minimum absolute atomic E-state index is 0.0447. The Hall–Kier alpha value is -3.04. The lowest BCUT2D eigenvalue weighted by Crippen LogP contribution is -2.46. The summed E-state index contributed by atoms with van der Waals surface area (Å²) >= 11 is 0. The fourth-order valence-corrected chi connectivity index (χ4v) is 4.35. The first kappa shape index (κ1) is 24.6. The van der Waals surface area contributed by atoms with Crippen LogP contribution < -0.4 is 4.74 Å². The van der Waals surface area contributed by atoms with E-state index in [9.17, 15) is 23.7 Å². The van der Waals surface area contributed by atoms with Crippen molar-refractivity contribution in [2.45, 2.75) is 44.9 Å². The second-order valence-electron chi connectivity index (χ2n) is 8.16. The summed E-state index contributed by atoms with van der Waals surface area (Å²) in [7, 11) is -3.74. The number of fused-ring (bicyclic) bond motifs is 1. The molecule has 0 spiro atoms. The molecule has 172 valence electrons. The molecule has 1 heterocycles. The predicted octanol–water partition coefficient (Wildman–Crippen LogP) is 4.60. The Labute approximate surface area is 192 Å². The van der Waals surface area contributed by atoms with Gasteiger partial charge in [-0.05, 0) is 49.1 Å². The molecule has 6 nitrogen and oxygen atoms in total. The van der Waals surface area contributed by atoms with Crippen LogP contribution in [0.25, 0.3) is 22.0 Å². The van der Waals surface area contributed by atoms with Crippen LogP contribution in [-0.4, -0.2) is 32.2 Å². The van der Waals surface area contributed by atoms with Gasteiger partial charge < -0.3 is 14.7 Å². The second-order valence-corrected chi connectivity index (χ2v) is 9.56. The molecular weight excluding hydrogens is 444 g/mol. The summed E-state index contributed by atoms with van der Waals surface area (Å²) in [5.74, 6) is 0.196. The van der Waals surface area contributed by atoms with Crippen molar-refractivity contribution in [1.29, 1.82) is 0 Å². The van der Waals surface area contributed by atoms with Crippen LogP contribution >= 0.6 is 8.03 Å². The number of pyridine rings is 1. The average Bonchev–Trinajstić information content (AvgIpc) is 2.75. The van der Waals surface area contributed by atoms with Crippen LogP contribution in [-0.2, 0) is 9.36 Å². The number of terminal acetylenes is 1. The molecule has 1 aromatic heterocycles. The number of para-hydroxylation sites is 1. The van der Waals surface area contributed by atoms with Crippen LogP contribution in [0.1, 0.15) is 37.9 Å². The lowest BCUT2D eigenvalue weighted by atomic mass is 9.94. The summed E-state index contributed by atoms with van der Waals surface area (Å²) in [4.78, 5) is 27.7. The third-order valence-electron chi connectivity index (χ3n) is 5.58. The maximum Gasteiger partial charge on any atom is 0.342 e. The fourth-order valence-electron chi connectivity index (χ4n) is 3.65. The third kappa shape index (κ3) is 4.30. The van der Waals surface area contributed by atoms with E-state index in [1.165, 1.54) is 6.07 Å². The topological polar surface area (TPSA) is 96.7 Å². The van der Waals surface area contributed by atoms with Gasteiger partial charge in [-0.2, -0.15) is 0 Å². The molecule has 3 atom stereocenters. The Morgan fingerprint density at radius 1 is 1.24 bits per heavy atom. The number of nitrogens with zero attached hydrogens (tertiary/aromatic N) is 1. The van der Waals surface area contributed by atoms with Gasteiger partial charge in [-0.3, -0.25) is 4.57 Å². The molecule has 2 N–H and O–H groups in total. The number of aryl methyl sites for hydroxylation is 1. The summed E-state index contributed by atoms with van der Waals surface area (Å²) in [6, 6.07) is 11.7. The number of hydrogen-bond acceptors (Lipinski definition) is 5. The number of aliphatic hydroxyl groups excluding tert-OH is 1. The van der Waals surface area contributed by atoms with E-state index < -0.39 is 25.3 Å². The van der Waals surface area contributed by atoms with E-state index in [1.54, 1.807) is 37.3 Å². The highest BCUT2D eigenvalue weighted by molar-refractivity contribution is 7.42. The first-order valence-electron chi connectivity index (χ1n) is 10.3. The van der Waals surface area contributed by atoms with Crippen molar-refractivity contribution in [3.8, 4) is 29.2 Å². The number of aromatic nitrogens is 1. The van der Waals surface area contributed by atoms with Crippen LogP contribution in [0.4, 0.5) is 4.39 Å². The number of carbonyl (C=O) groups excluding carboxylic acids is 1. The monoisotopic (exact) mass is 469 g/mol.